The van der Waals surface area contributed by atoms with E-state index in [4.69, 9.17) is 0 Å². The summed E-state index contributed by atoms with van der Waals surface area (Å²) in [6.07, 6.45) is -4.55. The Morgan fingerprint density at radius 1 is 1.27 bits per heavy atom. The second kappa shape index (κ2) is 6.78. The molecule has 1 aromatic heterocycles. The highest BCUT2D eigenvalue weighted by Gasteiger charge is 2.50. The molecular formula is C16H16F5N5. The Labute approximate surface area is 146 Å². The maximum atomic E-state index is 12.9. The van der Waals surface area contributed by atoms with Gasteiger partial charge in [0.1, 0.15) is 5.71 Å². The first kappa shape index (κ1) is 18.5. The predicted octanol–water partition coefficient (Wildman–Crippen LogP) is 3.75. The third-order valence-electron chi connectivity index (χ3n) is 4.18. The van der Waals surface area contributed by atoms with Crippen LogP contribution < -0.4 is 5.32 Å². The van der Waals surface area contributed by atoms with E-state index in [-0.39, 0.29) is 24.6 Å². The summed E-state index contributed by atoms with van der Waals surface area (Å²) >= 11 is 0. The summed E-state index contributed by atoms with van der Waals surface area (Å²) in [4.78, 5) is 15.0. The van der Waals surface area contributed by atoms with Crippen molar-refractivity contribution in [3.05, 3.63) is 5.82 Å². The van der Waals surface area contributed by atoms with Crippen LogP contribution in [0.3, 0.4) is 0 Å². The van der Waals surface area contributed by atoms with Crippen LogP contribution in [-0.4, -0.2) is 39.8 Å². The van der Waals surface area contributed by atoms with Crippen molar-refractivity contribution >= 4 is 17.6 Å². The van der Waals surface area contributed by atoms with Crippen LogP contribution in [0.15, 0.2) is 4.99 Å². The lowest BCUT2D eigenvalue weighted by Gasteiger charge is -2.07. The largest absolute Gasteiger partial charge is 0.429 e. The first-order chi connectivity index (χ1) is 12.2. The van der Waals surface area contributed by atoms with Gasteiger partial charge in [0, 0.05) is 6.54 Å². The van der Waals surface area contributed by atoms with E-state index in [1.54, 1.807) is 0 Å². The van der Waals surface area contributed by atoms with Crippen LogP contribution in [0, 0.1) is 23.2 Å². The Balaban J connectivity index is 1.88. The number of halogens is 5. The molecule has 140 valence electrons. The number of rotatable bonds is 5. The zero-order valence-corrected chi connectivity index (χ0v) is 13.9. The minimum absolute atomic E-state index is 0.0341. The maximum absolute atomic E-state index is 12.9. The fraction of sp³-hybridized carbons (Fsp3) is 0.625. The minimum atomic E-state index is -4.62. The average Bonchev–Trinajstić information content (AvgIpc) is 3.45. The van der Waals surface area contributed by atoms with Crippen molar-refractivity contribution < 1.29 is 22.0 Å². The Morgan fingerprint density at radius 3 is 2.50 bits per heavy atom. The second-order valence-electron chi connectivity index (χ2n) is 6.51. The number of nitrogens with one attached hydrogen (secondary N) is 1. The number of alkyl halides is 5. The molecule has 1 N–H and O–H groups in total. The molecule has 2 aliphatic rings. The van der Waals surface area contributed by atoms with Gasteiger partial charge in [0.05, 0.1) is 5.41 Å². The summed E-state index contributed by atoms with van der Waals surface area (Å²) in [5, 5.41) is 2.91. The molecule has 0 bridgehead atoms. The summed E-state index contributed by atoms with van der Waals surface area (Å²) in [7, 11) is 0. The van der Waals surface area contributed by atoms with Crippen molar-refractivity contribution in [3.63, 3.8) is 0 Å². The predicted molar refractivity (Wildman–Crippen MR) is 84.4 cm³/mol. The van der Waals surface area contributed by atoms with Gasteiger partial charge in [0.15, 0.2) is 0 Å². The van der Waals surface area contributed by atoms with Crippen LogP contribution in [0.4, 0.5) is 33.8 Å². The molecule has 0 atom stereocenters. The summed E-state index contributed by atoms with van der Waals surface area (Å²) in [6.45, 7) is 1.36. The van der Waals surface area contributed by atoms with E-state index in [1.807, 2.05) is 0 Å². The van der Waals surface area contributed by atoms with Crippen LogP contribution in [0.1, 0.15) is 38.4 Å². The highest BCUT2D eigenvalue weighted by Crippen LogP contribution is 2.50. The molecule has 0 amide bonds. The Hall–Kier alpha value is -2.31. The van der Waals surface area contributed by atoms with Crippen molar-refractivity contribution in [1.82, 2.24) is 15.0 Å². The summed E-state index contributed by atoms with van der Waals surface area (Å²) < 4.78 is 63.9. The van der Waals surface area contributed by atoms with Crippen molar-refractivity contribution in [2.24, 2.45) is 16.3 Å². The van der Waals surface area contributed by atoms with Crippen molar-refractivity contribution in [1.29, 1.82) is 0 Å². The number of hydrogen-bond donors (Lipinski definition) is 1. The van der Waals surface area contributed by atoms with Gasteiger partial charge >= 0.3 is 6.18 Å². The van der Waals surface area contributed by atoms with Gasteiger partial charge in [-0.15, -0.1) is 0 Å². The molecular weight excluding hydrogens is 357 g/mol. The van der Waals surface area contributed by atoms with Crippen LogP contribution in [-0.2, 0) is 0 Å². The summed E-state index contributed by atoms with van der Waals surface area (Å²) in [6, 6.07) is 0. The van der Waals surface area contributed by atoms with Crippen LogP contribution >= 0.6 is 0 Å². The van der Waals surface area contributed by atoms with Gasteiger partial charge in [-0.2, -0.15) is 28.1 Å². The van der Waals surface area contributed by atoms with Crippen molar-refractivity contribution in [2.45, 2.75) is 45.2 Å². The van der Waals surface area contributed by atoms with Gasteiger partial charge in [0.25, 0.3) is 12.4 Å². The van der Waals surface area contributed by atoms with Gasteiger partial charge in [-0.25, -0.2) is 13.8 Å². The van der Waals surface area contributed by atoms with Gasteiger partial charge < -0.3 is 5.32 Å². The summed E-state index contributed by atoms with van der Waals surface area (Å²) in [5.74, 6) is 4.76. The molecule has 2 aliphatic carbocycles. The number of hydrogen-bond acceptors (Lipinski definition) is 5. The van der Waals surface area contributed by atoms with Crippen LogP contribution in [0.2, 0.25) is 0 Å². The van der Waals surface area contributed by atoms with Gasteiger partial charge in [-0.05, 0) is 44.4 Å². The summed E-state index contributed by atoms with van der Waals surface area (Å²) in [5.41, 5.74) is -2.48. The minimum Gasteiger partial charge on any atom is -0.354 e. The third-order valence-corrected chi connectivity index (χ3v) is 4.18. The van der Waals surface area contributed by atoms with Gasteiger partial charge in [-0.1, -0.05) is 5.92 Å². The Kier molecular flexibility index (Phi) is 4.82. The first-order valence-corrected chi connectivity index (χ1v) is 8.12. The molecule has 0 saturated heterocycles. The maximum Gasteiger partial charge on any atom is 0.429 e. The molecule has 10 heteroatoms. The lowest BCUT2D eigenvalue weighted by atomic mass is 10.1. The molecule has 0 spiro atoms. The normalized spacial score (nSPS) is 19.1. The zero-order chi connectivity index (χ0) is 18.9. The smallest absolute Gasteiger partial charge is 0.354 e. The third kappa shape index (κ3) is 4.65. The molecule has 2 fully saturated rings. The Morgan fingerprint density at radius 2 is 1.96 bits per heavy atom. The number of nitrogens with zero attached hydrogens (tertiary/aromatic N) is 4. The molecule has 0 unspecified atom stereocenters. The highest BCUT2D eigenvalue weighted by molar-refractivity contribution is 5.88. The monoisotopic (exact) mass is 373 g/mol. The number of anilines is 1. The number of aromatic nitrogens is 3. The molecule has 0 aromatic carbocycles. The van der Waals surface area contributed by atoms with Gasteiger partial charge in [-0.3, -0.25) is 0 Å². The van der Waals surface area contributed by atoms with E-state index in [0.717, 1.165) is 19.8 Å². The molecule has 0 radical (unpaired) electrons. The lowest BCUT2D eigenvalue weighted by molar-refractivity contribution is -0.0591. The molecule has 1 aromatic rings. The van der Waals surface area contributed by atoms with E-state index < -0.39 is 29.7 Å². The topological polar surface area (TPSA) is 63.1 Å². The molecule has 0 aliphatic heterocycles. The van der Waals surface area contributed by atoms with Crippen molar-refractivity contribution in [3.8, 4) is 11.8 Å². The average molecular weight is 373 g/mol. The zero-order valence-electron chi connectivity index (χ0n) is 13.9. The molecule has 3 rings (SSSR count). The molecule has 5 nitrogen and oxygen atoms in total. The lowest BCUT2D eigenvalue weighted by Crippen LogP contribution is -2.19. The van der Waals surface area contributed by atoms with E-state index in [0.29, 0.717) is 12.5 Å². The molecule has 1 heterocycles. The molecule has 2 saturated carbocycles. The highest BCUT2D eigenvalue weighted by atomic mass is 19.4. The Bertz CT molecular complexity index is 769. The van der Waals surface area contributed by atoms with E-state index in [9.17, 15) is 22.0 Å². The first-order valence-electron chi connectivity index (χ1n) is 8.12. The van der Waals surface area contributed by atoms with Crippen LogP contribution in [0.5, 0.6) is 0 Å². The fourth-order valence-corrected chi connectivity index (χ4v) is 2.03. The van der Waals surface area contributed by atoms with E-state index in [2.05, 4.69) is 37.1 Å². The second-order valence-corrected chi connectivity index (χ2v) is 6.51. The van der Waals surface area contributed by atoms with Crippen LogP contribution in [0.25, 0.3) is 0 Å². The standard InChI is InChI=1S/C16H16F5N5/c1-9(16(19,20)21)23-14-25-11(4-5-15(6-7-15)12(17)18)24-13(26-14)22-8-10-2-3-10/h10,12H,2-3,6-8H2,1H3,(H,22,24,25,26). The van der Waals surface area contributed by atoms with Gasteiger partial charge in [0.2, 0.25) is 11.8 Å². The van der Waals surface area contributed by atoms with Crippen molar-refractivity contribution in [2.75, 3.05) is 11.9 Å². The number of aliphatic imine (C=N–C) groups is 1. The fourth-order valence-electron chi connectivity index (χ4n) is 2.03. The quantitative estimate of drug-likeness (QED) is 0.485. The SMILES string of the molecule is CC(=Nc1nc(C#CC2(C(F)F)CC2)nc(NCC2CC2)n1)C(F)(F)F. The molecule has 26 heavy (non-hydrogen) atoms. The van der Waals surface area contributed by atoms with E-state index in [1.165, 1.54) is 0 Å². The van der Waals surface area contributed by atoms with E-state index >= 15 is 0 Å².